The number of amides is 1. The van der Waals surface area contributed by atoms with Gasteiger partial charge < -0.3 is 15.0 Å². The van der Waals surface area contributed by atoms with Gasteiger partial charge in [0.2, 0.25) is 5.91 Å². The van der Waals surface area contributed by atoms with Gasteiger partial charge in [-0.25, -0.2) is 0 Å². The lowest BCUT2D eigenvalue weighted by molar-refractivity contribution is -0.129. The molecular weight excluding hydrogens is 228 g/mol. The molecule has 1 N–H and O–H groups in total. The quantitative estimate of drug-likeness (QED) is 0.731. The van der Waals surface area contributed by atoms with Gasteiger partial charge in [-0.2, -0.15) is 0 Å². The third-order valence-electron chi connectivity index (χ3n) is 3.92. The smallest absolute Gasteiger partial charge is 0.236 e. The molecule has 0 unspecified atom stereocenters. The van der Waals surface area contributed by atoms with Crippen LogP contribution in [0.25, 0.3) is 0 Å². The van der Waals surface area contributed by atoms with Crippen LogP contribution in [0, 0.1) is 0 Å². The first kappa shape index (κ1) is 13.8. The Morgan fingerprint density at radius 3 is 2.56 bits per heavy atom. The van der Waals surface area contributed by atoms with Crippen LogP contribution < -0.4 is 5.32 Å². The summed E-state index contributed by atoms with van der Waals surface area (Å²) in [7, 11) is 0. The van der Waals surface area contributed by atoms with E-state index in [0.717, 1.165) is 39.1 Å². The minimum absolute atomic E-state index is 0.241. The fraction of sp³-hybridized carbons (Fsp3) is 0.929. The van der Waals surface area contributed by atoms with Crippen LogP contribution in [-0.2, 0) is 9.53 Å². The van der Waals surface area contributed by atoms with E-state index in [0.29, 0.717) is 12.6 Å². The Kier molecular flexibility index (Phi) is 5.94. The molecule has 0 spiro atoms. The molecule has 2 aliphatic rings. The van der Waals surface area contributed by atoms with Crippen molar-refractivity contribution in [3.8, 4) is 0 Å². The summed E-state index contributed by atoms with van der Waals surface area (Å²) in [6, 6.07) is 0. The Bertz CT molecular complexity index is 246. The van der Waals surface area contributed by atoms with Gasteiger partial charge in [-0.15, -0.1) is 0 Å². The zero-order valence-electron chi connectivity index (χ0n) is 11.3. The van der Waals surface area contributed by atoms with E-state index in [9.17, 15) is 4.79 Å². The van der Waals surface area contributed by atoms with Crippen molar-refractivity contribution in [3.63, 3.8) is 0 Å². The molecule has 0 aromatic carbocycles. The number of ether oxygens (including phenoxy) is 1. The molecule has 1 aliphatic carbocycles. The Labute approximate surface area is 110 Å². The van der Waals surface area contributed by atoms with E-state index in [4.69, 9.17) is 4.74 Å². The van der Waals surface area contributed by atoms with Crippen LogP contribution in [0.4, 0.5) is 0 Å². The third kappa shape index (κ3) is 4.58. The summed E-state index contributed by atoms with van der Waals surface area (Å²) in [5.41, 5.74) is 0. The molecular formula is C14H26N2O2. The van der Waals surface area contributed by atoms with Crippen molar-refractivity contribution in [1.29, 1.82) is 0 Å². The number of nitrogens with zero attached hydrogens (tertiary/aromatic N) is 1. The van der Waals surface area contributed by atoms with Gasteiger partial charge in [0.15, 0.2) is 0 Å². The van der Waals surface area contributed by atoms with Gasteiger partial charge in [-0.05, 0) is 25.7 Å². The summed E-state index contributed by atoms with van der Waals surface area (Å²) in [4.78, 5) is 13.7. The molecule has 0 atom stereocenters. The number of carbonyl (C=O) groups excluding carboxylic acids is 1. The molecule has 4 heteroatoms. The average molecular weight is 254 g/mol. The van der Waals surface area contributed by atoms with Crippen LogP contribution in [0.15, 0.2) is 0 Å². The summed E-state index contributed by atoms with van der Waals surface area (Å²) in [5.74, 6) is 0.241. The predicted octanol–water partition coefficient (Wildman–Crippen LogP) is 1.55. The summed E-state index contributed by atoms with van der Waals surface area (Å²) in [6.45, 7) is 3.88. The average Bonchev–Trinajstić information content (AvgIpc) is 2.93. The SMILES string of the molecule is O=C(CNCCOC1CCCCC1)N1CCCC1. The van der Waals surface area contributed by atoms with E-state index in [1.54, 1.807) is 0 Å². The Morgan fingerprint density at radius 1 is 1.11 bits per heavy atom. The normalized spacial score (nSPS) is 21.4. The zero-order valence-corrected chi connectivity index (χ0v) is 11.3. The molecule has 18 heavy (non-hydrogen) atoms. The second-order valence-electron chi connectivity index (χ2n) is 5.40. The molecule has 1 saturated carbocycles. The van der Waals surface area contributed by atoms with Crippen LogP contribution in [0.5, 0.6) is 0 Å². The van der Waals surface area contributed by atoms with Gasteiger partial charge in [0.05, 0.1) is 19.3 Å². The largest absolute Gasteiger partial charge is 0.377 e. The lowest BCUT2D eigenvalue weighted by atomic mass is 9.98. The molecule has 1 heterocycles. The predicted molar refractivity (Wildman–Crippen MR) is 71.5 cm³/mol. The van der Waals surface area contributed by atoms with E-state index in [2.05, 4.69) is 5.32 Å². The molecule has 1 amide bonds. The summed E-state index contributed by atoms with van der Waals surface area (Å²) < 4.78 is 5.80. The molecule has 2 rings (SSSR count). The van der Waals surface area contributed by atoms with E-state index in [1.165, 1.54) is 32.1 Å². The Balaban J connectivity index is 1.46. The molecule has 0 radical (unpaired) electrons. The Hall–Kier alpha value is -0.610. The number of rotatable bonds is 6. The lowest BCUT2D eigenvalue weighted by Gasteiger charge is -2.22. The first-order valence-electron chi connectivity index (χ1n) is 7.46. The van der Waals surface area contributed by atoms with Gasteiger partial charge in [0.25, 0.3) is 0 Å². The van der Waals surface area contributed by atoms with Crippen molar-refractivity contribution in [2.75, 3.05) is 32.8 Å². The van der Waals surface area contributed by atoms with Crippen LogP contribution in [0.1, 0.15) is 44.9 Å². The van der Waals surface area contributed by atoms with Gasteiger partial charge in [-0.3, -0.25) is 4.79 Å². The highest BCUT2D eigenvalue weighted by molar-refractivity contribution is 5.78. The molecule has 0 aromatic rings. The zero-order chi connectivity index (χ0) is 12.6. The summed E-state index contributed by atoms with van der Waals surface area (Å²) in [6.07, 6.45) is 9.21. The van der Waals surface area contributed by atoms with Crippen LogP contribution in [0.3, 0.4) is 0 Å². The lowest BCUT2D eigenvalue weighted by Crippen LogP contribution is -2.37. The first-order valence-corrected chi connectivity index (χ1v) is 7.46. The molecule has 104 valence electrons. The van der Waals surface area contributed by atoms with Crippen molar-refractivity contribution < 1.29 is 9.53 Å². The highest BCUT2D eigenvalue weighted by Gasteiger charge is 2.17. The van der Waals surface area contributed by atoms with Crippen LogP contribution >= 0.6 is 0 Å². The second kappa shape index (κ2) is 7.74. The minimum Gasteiger partial charge on any atom is -0.377 e. The van der Waals surface area contributed by atoms with Crippen molar-refractivity contribution >= 4 is 5.91 Å². The maximum atomic E-state index is 11.7. The molecule has 0 aromatic heterocycles. The number of hydrogen-bond acceptors (Lipinski definition) is 3. The topological polar surface area (TPSA) is 41.6 Å². The molecule has 1 saturated heterocycles. The second-order valence-corrected chi connectivity index (χ2v) is 5.40. The molecule has 1 aliphatic heterocycles. The van der Waals surface area contributed by atoms with E-state index >= 15 is 0 Å². The maximum Gasteiger partial charge on any atom is 0.236 e. The maximum absolute atomic E-state index is 11.7. The fourth-order valence-corrected chi connectivity index (χ4v) is 2.80. The highest BCUT2D eigenvalue weighted by atomic mass is 16.5. The van der Waals surface area contributed by atoms with Crippen molar-refractivity contribution in [2.45, 2.75) is 51.0 Å². The van der Waals surface area contributed by atoms with E-state index < -0.39 is 0 Å². The number of hydrogen-bond donors (Lipinski definition) is 1. The monoisotopic (exact) mass is 254 g/mol. The summed E-state index contributed by atoms with van der Waals surface area (Å²) in [5, 5.41) is 3.19. The van der Waals surface area contributed by atoms with Gasteiger partial charge in [0.1, 0.15) is 0 Å². The van der Waals surface area contributed by atoms with Crippen molar-refractivity contribution in [2.24, 2.45) is 0 Å². The summed E-state index contributed by atoms with van der Waals surface area (Å²) >= 11 is 0. The van der Waals surface area contributed by atoms with Crippen LogP contribution in [0.2, 0.25) is 0 Å². The number of likely N-dealkylation sites (tertiary alicyclic amines) is 1. The van der Waals surface area contributed by atoms with Crippen molar-refractivity contribution in [1.82, 2.24) is 10.2 Å². The molecule has 4 nitrogen and oxygen atoms in total. The van der Waals surface area contributed by atoms with Gasteiger partial charge in [0, 0.05) is 19.6 Å². The van der Waals surface area contributed by atoms with E-state index in [1.807, 2.05) is 4.90 Å². The number of nitrogens with one attached hydrogen (secondary N) is 1. The minimum atomic E-state index is 0.241. The highest BCUT2D eigenvalue weighted by Crippen LogP contribution is 2.19. The van der Waals surface area contributed by atoms with E-state index in [-0.39, 0.29) is 5.91 Å². The van der Waals surface area contributed by atoms with Crippen LogP contribution in [-0.4, -0.2) is 49.7 Å². The van der Waals surface area contributed by atoms with Gasteiger partial charge >= 0.3 is 0 Å². The standard InChI is InChI=1S/C14H26N2O2/c17-14(16-9-4-5-10-16)12-15-8-11-18-13-6-2-1-3-7-13/h13,15H,1-12H2. The molecule has 0 bridgehead atoms. The fourth-order valence-electron chi connectivity index (χ4n) is 2.80. The Morgan fingerprint density at radius 2 is 1.83 bits per heavy atom. The van der Waals surface area contributed by atoms with Crippen molar-refractivity contribution in [3.05, 3.63) is 0 Å². The van der Waals surface area contributed by atoms with Gasteiger partial charge in [-0.1, -0.05) is 19.3 Å². The number of carbonyl (C=O) groups is 1. The molecule has 2 fully saturated rings. The third-order valence-corrected chi connectivity index (χ3v) is 3.92. The first-order chi connectivity index (χ1) is 8.86.